The van der Waals surface area contributed by atoms with E-state index in [2.05, 4.69) is 26.3 Å². The van der Waals surface area contributed by atoms with Crippen LogP contribution in [0.5, 0.6) is 0 Å². The Kier molecular flexibility index (Phi) is 6.25. The molecule has 16 heteroatoms. The first-order chi connectivity index (χ1) is 16.5. The second kappa shape index (κ2) is 9.03. The van der Waals surface area contributed by atoms with Gasteiger partial charge in [-0.05, 0) is 0 Å². The molecule has 0 aromatic rings. The third kappa shape index (κ3) is 4.32. The molecule has 10 N–H and O–H groups in total. The Hall–Kier alpha value is -3.92. The van der Waals surface area contributed by atoms with Crippen molar-refractivity contribution in [1.82, 2.24) is 26.2 Å². The second-order valence-electron chi connectivity index (χ2n) is 8.49. The highest BCUT2D eigenvalue weighted by molar-refractivity contribution is 6.13. The van der Waals surface area contributed by atoms with Gasteiger partial charge >= 0.3 is 12.1 Å². The van der Waals surface area contributed by atoms with Crippen LogP contribution in [0, 0.1) is 0 Å². The van der Waals surface area contributed by atoms with Gasteiger partial charge in [0.25, 0.3) is 11.8 Å². The number of ether oxygens (including phenoxy) is 1. The van der Waals surface area contributed by atoms with Crippen LogP contribution in [0.4, 0.5) is 4.79 Å². The third-order valence-corrected chi connectivity index (χ3v) is 6.32. The fraction of sp³-hybridized carbons (Fsp3) is 0.579. The lowest BCUT2D eigenvalue weighted by molar-refractivity contribution is -0.623. The molecule has 0 aliphatic carbocycles. The standard InChI is InChI=1S/C19H27N9O7/c20-15-25-14-10(24-16(21)28-8-4-18(33,34)19(14,28)26-15)9-35-17(32)23-6-5-22-11(29)3-7-27-12(30)1-2-13(27)31/h1-2,10,14,33-34H,3-9H2,(H7,20,21,22,23,24,25,26,29,32)/p+1/t10?,14-,19-/m0/s1. The zero-order valence-electron chi connectivity index (χ0n) is 18.7. The van der Waals surface area contributed by atoms with Crippen molar-refractivity contribution < 1.29 is 38.7 Å². The Labute approximate surface area is 199 Å². The Balaban J connectivity index is 1.20. The summed E-state index contributed by atoms with van der Waals surface area (Å²) < 4.78 is 6.78. The van der Waals surface area contributed by atoms with Crippen LogP contribution in [-0.4, -0.2) is 112 Å². The number of carbonyl (C=O) groups is 4. The van der Waals surface area contributed by atoms with Crippen LogP contribution in [0.3, 0.4) is 0 Å². The van der Waals surface area contributed by atoms with Gasteiger partial charge in [0.2, 0.25) is 17.4 Å². The van der Waals surface area contributed by atoms with Crippen LogP contribution in [-0.2, 0) is 19.1 Å². The molecule has 0 aromatic heterocycles. The molecular weight excluding hydrogens is 466 g/mol. The summed E-state index contributed by atoms with van der Waals surface area (Å²) >= 11 is 0. The Morgan fingerprint density at radius 3 is 2.63 bits per heavy atom. The summed E-state index contributed by atoms with van der Waals surface area (Å²) in [7, 11) is 0. The quantitative estimate of drug-likeness (QED) is 0.0685. The van der Waals surface area contributed by atoms with Crippen LogP contribution in [0.15, 0.2) is 17.1 Å². The summed E-state index contributed by atoms with van der Waals surface area (Å²) in [6, 6.07) is -1.52. The molecule has 4 amide bonds. The minimum absolute atomic E-state index is 0.00297. The van der Waals surface area contributed by atoms with E-state index in [1.807, 2.05) is 0 Å². The monoisotopic (exact) mass is 494 g/mol. The molecule has 3 atom stereocenters. The van der Waals surface area contributed by atoms with E-state index in [1.54, 1.807) is 4.58 Å². The van der Waals surface area contributed by atoms with Crippen LogP contribution in [0.25, 0.3) is 0 Å². The number of hydrogen-bond donors (Lipinski definition) is 8. The van der Waals surface area contributed by atoms with Crippen LogP contribution >= 0.6 is 0 Å². The van der Waals surface area contributed by atoms with Crippen molar-refractivity contribution in [2.24, 2.45) is 16.5 Å². The summed E-state index contributed by atoms with van der Waals surface area (Å²) in [5.41, 5.74) is 10.4. The molecule has 0 saturated carbocycles. The smallest absolute Gasteiger partial charge is 0.407 e. The molecule has 16 nitrogen and oxygen atoms in total. The van der Waals surface area contributed by atoms with Crippen molar-refractivity contribution in [2.45, 2.75) is 36.4 Å². The van der Waals surface area contributed by atoms with Crippen molar-refractivity contribution >= 4 is 35.7 Å². The molecule has 190 valence electrons. The first kappa shape index (κ1) is 24.2. The highest BCUT2D eigenvalue weighted by Gasteiger charge is 2.71. The van der Waals surface area contributed by atoms with E-state index in [9.17, 15) is 29.4 Å². The largest absolute Gasteiger partial charge is 0.446 e. The minimum atomic E-state index is -2.18. The normalized spacial score (nSPS) is 28.2. The maximum atomic E-state index is 12.1. The lowest BCUT2D eigenvalue weighted by Crippen LogP contribution is -2.77. The number of carbonyl (C=O) groups excluding carboxylic acids is 4. The van der Waals surface area contributed by atoms with Crippen LogP contribution < -0.4 is 32.7 Å². The molecule has 0 radical (unpaired) electrons. The SMILES string of the molecule is NC1=N[C@H]2C(COC(=O)NCCNC(=O)CCN3C(=O)C=CC3=O)NC(N)=[N+]3CCC(O)(O)[C@]23N1. The van der Waals surface area contributed by atoms with Crippen molar-refractivity contribution in [3.8, 4) is 0 Å². The minimum Gasteiger partial charge on any atom is -0.446 e. The fourth-order valence-corrected chi connectivity index (χ4v) is 4.67. The van der Waals surface area contributed by atoms with Gasteiger partial charge in [0.1, 0.15) is 12.6 Å². The number of hydrogen-bond acceptors (Lipinski definition) is 12. The number of nitrogens with one attached hydrogen (secondary N) is 4. The topological polar surface area (TPSA) is 237 Å². The lowest BCUT2D eigenvalue weighted by Gasteiger charge is -2.42. The molecule has 1 spiro atoms. The lowest BCUT2D eigenvalue weighted by atomic mass is 9.87. The van der Waals surface area contributed by atoms with Gasteiger partial charge in [-0.15, -0.1) is 0 Å². The van der Waals surface area contributed by atoms with Gasteiger partial charge in [0.05, 0.1) is 6.54 Å². The molecule has 4 aliphatic heterocycles. The van der Waals surface area contributed by atoms with Crippen molar-refractivity contribution in [3.63, 3.8) is 0 Å². The van der Waals surface area contributed by atoms with Crippen molar-refractivity contribution in [1.29, 1.82) is 0 Å². The number of alkyl carbamates (subject to hydrolysis) is 1. The number of aliphatic imine (C=N–C) groups is 1. The highest BCUT2D eigenvalue weighted by atomic mass is 16.5. The molecule has 0 bridgehead atoms. The number of rotatable bonds is 8. The van der Waals surface area contributed by atoms with Gasteiger partial charge in [-0.3, -0.25) is 30.3 Å². The Bertz CT molecular complexity index is 1020. The van der Waals surface area contributed by atoms with E-state index in [4.69, 9.17) is 16.2 Å². The van der Waals surface area contributed by atoms with E-state index >= 15 is 0 Å². The molecule has 1 saturated heterocycles. The molecule has 4 aliphatic rings. The Morgan fingerprint density at radius 2 is 1.91 bits per heavy atom. The van der Waals surface area contributed by atoms with Gasteiger partial charge in [0, 0.05) is 44.6 Å². The summed E-state index contributed by atoms with van der Waals surface area (Å²) in [6.07, 6.45) is 1.45. The maximum Gasteiger partial charge on any atom is 0.407 e. The number of guanidine groups is 2. The molecular formula is C19H28N9O7+. The van der Waals surface area contributed by atoms with Gasteiger partial charge in [-0.1, -0.05) is 0 Å². The van der Waals surface area contributed by atoms with Gasteiger partial charge < -0.3 is 36.6 Å². The van der Waals surface area contributed by atoms with Gasteiger partial charge in [-0.2, -0.15) is 0 Å². The average Bonchev–Trinajstić information content (AvgIpc) is 3.41. The molecule has 0 aromatic carbocycles. The van der Waals surface area contributed by atoms with Crippen LogP contribution in [0.1, 0.15) is 12.8 Å². The Morgan fingerprint density at radius 1 is 1.23 bits per heavy atom. The average molecular weight is 494 g/mol. The number of aliphatic hydroxyl groups is 2. The molecule has 1 unspecified atom stereocenters. The van der Waals surface area contributed by atoms with Gasteiger partial charge in [0.15, 0.2) is 12.0 Å². The van der Waals surface area contributed by atoms with Crippen molar-refractivity contribution in [3.05, 3.63) is 12.2 Å². The summed E-state index contributed by atoms with van der Waals surface area (Å²) in [6.45, 7) is 0.161. The van der Waals surface area contributed by atoms with Crippen molar-refractivity contribution in [2.75, 3.05) is 32.8 Å². The highest BCUT2D eigenvalue weighted by Crippen LogP contribution is 2.40. The van der Waals surface area contributed by atoms with E-state index in [1.165, 1.54) is 0 Å². The third-order valence-electron chi connectivity index (χ3n) is 6.32. The first-order valence-electron chi connectivity index (χ1n) is 11.0. The van der Waals surface area contributed by atoms with E-state index in [0.29, 0.717) is 0 Å². The van der Waals surface area contributed by atoms with E-state index < -0.39 is 47.3 Å². The number of imide groups is 1. The molecule has 1 fully saturated rings. The molecule has 35 heavy (non-hydrogen) atoms. The maximum absolute atomic E-state index is 12.1. The summed E-state index contributed by atoms with van der Waals surface area (Å²) in [4.78, 5) is 52.1. The second-order valence-corrected chi connectivity index (χ2v) is 8.49. The summed E-state index contributed by atoms with van der Waals surface area (Å²) in [5, 5.41) is 32.1. The van der Waals surface area contributed by atoms with Gasteiger partial charge in [-0.25, -0.2) is 14.4 Å². The first-order valence-corrected chi connectivity index (χ1v) is 11.0. The summed E-state index contributed by atoms with van der Waals surface area (Å²) in [5.74, 6) is -3.33. The zero-order chi connectivity index (χ0) is 25.4. The molecule has 4 heterocycles. The molecule has 4 rings (SSSR count). The number of nitrogens with two attached hydrogens (primary N) is 2. The zero-order valence-corrected chi connectivity index (χ0v) is 18.7. The van der Waals surface area contributed by atoms with Crippen LogP contribution in [0.2, 0.25) is 0 Å². The number of nitrogens with zero attached hydrogens (tertiary/aromatic N) is 3. The van der Waals surface area contributed by atoms with E-state index in [-0.39, 0.29) is 57.5 Å². The van der Waals surface area contributed by atoms with E-state index in [0.717, 1.165) is 17.1 Å². The number of amides is 4. The predicted octanol–water partition coefficient (Wildman–Crippen LogP) is -5.49. The predicted molar refractivity (Wildman–Crippen MR) is 117 cm³/mol. The fourth-order valence-electron chi connectivity index (χ4n) is 4.67.